The molecule has 0 atom stereocenters. The molecule has 2 N–H and O–H groups in total. The number of nitrogens with zero attached hydrogens (tertiary/aromatic N) is 3. The van der Waals surface area contributed by atoms with E-state index in [1.165, 1.54) is 10.4 Å². The predicted octanol–water partition coefficient (Wildman–Crippen LogP) is 2.25. The van der Waals surface area contributed by atoms with Gasteiger partial charge in [-0.15, -0.1) is 11.3 Å². The van der Waals surface area contributed by atoms with E-state index in [-0.39, 0.29) is 0 Å². The minimum absolute atomic E-state index is 0.515. The molecule has 96 valence electrons. The highest BCUT2D eigenvalue weighted by Gasteiger charge is 2.12. The Morgan fingerprint density at radius 2 is 2.11 bits per heavy atom. The molecule has 2 aromatic rings. The van der Waals surface area contributed by atoms with Crippen molar-refractivity contribution in [3.63, 3.8) is 0 Å². The molecule has 0 aliphatic heterocycles. The number of anilines is 1. The highest BCUT2D eigenvalue weighted by atomic mass is 32.1. The lowest BCUT2D eigenvalue weighted by atomic mass is 10.1. The molecule has 0 aliphatic carbocycles. The molecule has 2 rings (SSSR count). The van der Waals surface area contributed by atoms with Crippen molar-refractivity contribution in [1.82, 2.24) is 9.97 Å². The monoisotopic (exact) mass is 262 g/mol. The Kier molecular flexibility index (Phi) is 3.93. The summed E-state index contributed by atoms with van der Waals surface area (Å²) < 4.78 is 0. The van der Waals surface area contributed by atoms with Crippen molar-refractivity contribution >= 4 is 17.2 Å². The second-order valence-electron chi connectivity index (χ2n) is 4.35. The summed E-state index contributed by atoms with van der Waals surface area (Å²) in [5, 5.41) is 0. The van der Waals surface area contributed by atoms with E-state index in [2.05, 4.69) is 21.8 Å². The topological polar surface area (TPSA) is 55.0 Å². The van der Waals surface area contributed by atoms with Crippen LogP contribution >= 0.6 is 11.3 Å². The number of aryl methyl sites for hydroxylation is 2. The molecule has 0 unspecified atom stereocenters. The fourth-order valence-electron chi connectivity index (χ4n) is 1.92. The van der Waals surface area contributed by atoms with Crippen LogP contribution in [0.15, 0.2) is 17.8 Å². The van der Waals surface area contributed by atoms with Gasteiger partial charge in [-0.05, 0) is 25.5 Å². The molecule has 18 heavy (non-hydrogen) atoms. The maximum atomic E-state index is 5.82. The maximum absolute atomic E-state index is 5.82. The number of pyridine rings is 1. The van der Waals surface area contributed by atoms with Gasteiger partial charge in [0.05, 0.1) is 17.7 Å². The first-order chi connectivity index (χ1) is 8.63. The Morgan fingerprint density at radius 3 is 2.72 bits per heavy atom. The van der Waals surface area contributed by atoms with Crippen molar-refractivity contribution in [2.75, 3.05) is 11.9 Å². The summed E-state index contributed by atoms with van der Waals surface area (Å²) in [5.74, 6) is 0.963. The van der Waals surface area contributed by atoms with E-state index < -0.39 is 0 Å². The van der Waals surface area contributed by atoms with Gasteiger partial charge < -0.3 is 10.6 Å². The fraction of sp³-hybridized carbons (Fsp3) is 0.385. The molecule has 0 aromatic carbocycles. The molecule has 0 radical (unpaired) electrons. The van der Waals surface area contributed by atoms with Gasteiger partial charge in [-0.1, -0.05) is 0 Å². The molecule has 4 nitrogen and oxygen atoms in total. The maximum Gasteiger partial charge on any atom is 0.133 e. The standard InChI is InChI=1S/C13H18N4S/c1-9-4-5-15-13(11(9)6-14)17(3)7-12-10(2)16-8-18-12/h4-5,8H,6-7,14H2,1-3H3. The number of thiazole rings is 1. The van der Waals surface area contributed by atoms with E-state index in [0.29, 0.717) is 6.54 Å². The van der Waals surface area contributed by atoms with E-state index >= 15 is 0 Å². The van der Waals surface area contributed by atoms with Gasteiger partial charge in [0.1, 0.15) is 5.82 Å². The molecule has 0 saturated heterocycles. The van der Waals surface area contributed by atoms with Crippen molar-refractivity contribution in [3.05, 3.63) is 39.5 Å². The molecule has 0 amide bonds. The quantitative estimate of drug-likeness (QED) is 0.918. The van der Waals surface area contributed by atoms with Crippen molar-refractivity contribution < 1.29 is 0 Å². The third kappa shape index (κ3) is 2.52. The Hall–Kier alpha value is -1.46. The molecule has 0 bridgehead atoms. The van der Waals surface area contributed by atoms with Crippen LogP contribution in [0.4, 0.5) is 5.82 Å². The summed E-state index contributed by atoms with van der Waals surface area (Å²) in [4.78, 5) is 12.1. The number of aromatic nitrogens is 2. The highest BCUT2D eigenvalue weighted by molar-refractivity contribution is 7.09. The van der Waals surface area contributed by atoms with Crippen molar-refractivity contribution in [1.29, 1.82) is 0 Å². The van der Waals surface area contributed by atoms with Crippen LogP contribution in [-0.4, -0.2) is 17.0 Å². The third-order valence-corrected chi connectivity index (χ3v) is 3.98. The number of nitrogens with two attached hydrogens (primary N) is 1. The Morgan fingerprint density at radius 1 is 1.33 bits per heavy atom. The first-order valence-corrected chi connectivity index (χ1v) is 6.76. The van der Waals surface area contributed by atoms with Crippen molar-refractivity contribution in [2.24, 2.45) is 5.73 Å². The SMILES string of the molecule is Cc1ccnc(N(C)Cc2scnc2C)c1CN. The Labute approximate surface area is 111 Å². The average Bonchev–Trinajstić information content (AvgIpc) is 2.74. The van der Waals surface area contributed by atoms with E-state index in [0.717, 1.165) is 23.6 Å². The van der Waals surface area contributed by atoms with E-state index in [4.69, 9.17) is 5.73 Å². The van der Waals surface area contributed by atoms with E-state index in [9.17, 15) is 0 Å². The lowest BCUT2D eigenvalue weighted by molar-refractivity contribution is 0.874. The van der Waals surface area contributed by atoms with Crippen LogP contribution in [0.2, 0.25) is 0 Å². The lowest BCUT2D eigenvalue weighted by Gasteiger charge is -2.21. The molecule has 0 saturated carbocycles. The van der Waals surface area contributed by atoms with Gasteiger partial charge in [0.15, 0.2) is 0 Å². The van der Waals surface area contributed by atoms with Crippen LogP contribution in [0.25, 0.3) is 0 Å². The largest absolute Gasteiger partial charge is 0.354 e. The molecule has 0 fully saturated rings. The Bertz CT molecular complexity index is 536. The second-order valence-corrected chi connectivity index (χ2v) is 5.29. The Balaban J connectivity index is 2.26. The first kappa shape index (κ1) is 13.0. The minimum Gasteiger partial charge on any atom is -0.354 e. The smallest absolute Gasteiger partial charge is 0.133 e. The van der Waals surface area contributed by atoms with Crippen molar-refractivity contribution in [2.45, 2.75) is 26.9 Å². The first-order valence-electron chi connectivity index (χ1n) is 5.88. The van der Waals surface area contributed by atoms with Crippen LogP contribution < -0.4 is 10.6 Å². The van der Waals surface area contributed by atoms with Crippen LogP contribution in [-0.2, 0) is 13.1 Å². The number of hydrogen-bond donors (Lipinski definition) is 1. The van der Waals surface area contributed by atoms with Crippen molar-refractivity contribution in [3.8, 4) is 0 Å². The predicted molar refractivity (Wildman–Crippen MR) is 75.8 cm³/mol. The molecule has 2 heterocycles. The third-order valence-electron chi connectivity index (χ3n) is 3.06. The van der Waals surface area contributed by atoms with Gasteiger partial charge in [0.2, 0.25) is 0 Å². The summed E-state index contributed by atoms with van der Waals surface area (Å²) in [7, 11) is 2.04. The molecule has 2 aromatic heterocycles. The second kappa shape index (κ2) is 5.46. The number of hydrogen-bond acceptors (Lipinski definition) is 5. The summed E-state index contributed by atoms with van der Waals surface area (Å²) >= 11 is 1.68. The van der Waals surface area contributed by atoms with Crippen LogP contribution in [0.5, 0.6) is 0 Å². The zero-order valence-electron chi connectivity index (χ0n) is 11.0. The van der Waals surface area contributed by atoms with Crippen LogP contribution in [0, 0.1) is 13.8 Å². The molecular formula is C13H18N4S. The van der Waals surface area contributed by atoms with Crippen LogP contribution in [0.3, 0.4) is 0 Å². The molecule has 0 spiro atoms. The van der Waals surface area contributed by atoms with Gasteiger partial charge in [-0.3, -0.25) is 0 Å². The highest BCUT2D eigenvalue weighted by Crippen LogP contribution is 2.23. The van der Waals surface area contributed by atoms with Gasteiger partial charge in [-0.25, -0.2) is 9.97 Å². The zero-order valence-corrected chi connectivity index (χ0v) is 11.8. The molecule has 5 heteroatoms. The summed E-state index contributed by atoms with van der Waals surface area (Å²) in [6.07, 6.45) is 1.83. The van der Waals surface area contributed by atoms with E-state index in [1.807, 2.05) is 31.7 Å². The van der Waals surface area contributed by atoms with Gasteiger partial charge in [0.25, 0.3) is 0 Å². The van der Waals surface area contributed by atoms with Gasteiger partial charge in [0, 0.05) is 30.2 Å². The van der Waals surface area contributed by atoms with Gasteiger partial charge in [-0.2, -0.15) is 0 Å². The average molecular weight is 262 g/mol. The summed E-state index contributed by atoms with van der Waals surface area (Å²) in [5.41, 5.74) is 11.1. The minimum atomic E-state index is 0.515. The molecule has 0 aliphatic rings. The van der Waals surface area contributed by atoms with Crippen LogP contribution in [0.1, 0.15) is 21.7 Å². The fourth-order valence-corrected chi connectivity index (χ4v) is 2.75. The number of rotatable bonds is 4. The summed E-state index contributed by atoms with van der Waals surface area (Å²) in [6, 6.07) is 2.00. The summed E-state index contributed by atoms with van der Waals surface area (Å²) in [6.45, 7) is 5.44. The van der Waals surface area contributed by atoms with E-state index in [1.54, 1.807) is 11.3 Å². The normalized spacial score (nSPS) is 10.7. The zero-order chi connectivity index (χ0) is 13.1. The van der Waals surface area contributed by atoms with Gasteiger partial charge >= 0.3 is 0 Å². The molecular weight excluding hydrogens is 244 g/mol. The lowest BCUT2D eigenvalue weighted by Crippen LogP contribution is -2.20.